The van der Waals surface area contributed by atoms with Crippen molar-refractivity contribution in [2.75, 3.05) is 23.7 Å². The van der Waals surface area contributed by atoms with E-state index in [2.05, 4.69) is 16.1 Å². The molecule has 0 saturated heterocycles. The van der Waals surface area contributed by atoms with Crippen molar-refractivity contribution in [1.82, 2.24) is 4.90 Å². The second kappa shape index (κ2) is 9.77. The van der Waals surface area contributed by atoms with E-state index < -0.39 is 22.0 Å². The monoisotopic (exact) mass is 510 g/mol. The molecule has 0 unspecified atom stereocenters. The smallest absolute Gasteiger partial charge is 0.409 e. The topological polar surface area (TPSA) is 129 Å². The Hall–Kier alpha value is -3.88. The third-order valence-electron chi connectivity index (χ3n) is 5.54. The SMILES string of the molecule is COC(=O)N1CCc2c(sc(NC(=O)c3cccc(NS(=O)(=O)c4ccc(C)cc4)c3)c2C#N)C1. The van der Waals surface area contributed by atoms with Crippen molar-refractivity contribution in [2.24, 2.45) is 0 Å². The van der Waals surface area contributed by atoms with Crippen LogP contribution in [0, 0.1) is 18.3 Å². The maximum atomic E-state index is 13.0. The van der Waals surface area contributed by atoms with Gasteiger partial charge in [0, 0.05) is 22.7 Å². The number of nitriles is 1. The van der Waals surface area contributed by atoms with Crippen LogP contribution in [0.15, 0.2) is 53.4 Å². The number of carbonyl (C=O) groups is 2. The van der Waals surface area contributed by atoms with E-state index in [0.717, 1.165) is 16.0 Å². The molecule has 0 saturated carbocycles. The van der Waals surface area contributed by atoms with Crippen molar-refractivity contribution in [3.63, 3.8) is 0 Å². The van der Waals surface area contributed by atoms with Crippen molar-refractivity contribution in [3.8, 4) is 6.07 Å². The van der Waals surface area contributed by atoms with Crippen LogP contribution in [0.4, 0.5) is 15.5 Å². The van der Waals surface area contributed by atoms with Gasteiger partial charge in [-0.2, -0.15) is 5.26 Å². The molecule has 2 heterocycles. The summed E-state index contributed by atoms with van der Waals surface area (Å²) in [5.41, 5.74) is 2.58. The van der Waals surface area contributed by atoms with Crippen LogP contribution in [0.25, 0.3) is 0 Å². The summed E-state index contributed by atoms with van der Waals surface area (Å²) in [6, 6.07) is 14.7. The fraction of sp³-hybridized carbons (Fsp3) is 0.208. The van der Waals surface area contributed by atoms with Crippen LogP contribution >= 0.6 is 11.3 Å². The van der Waals surface area contributed by atoms with E-state index >= 15 is 0 Å². The summed E-state index contributed by atoms with van der Waals surface area (Å²) in [5.74, 6) is -0.485. The van der Waals surface area contributed by atoms with Crippen molar-refractivity contribution in [2.45, 2.75) is 24.8 Å². The predicted molar refractivity (Wildman–Crippen MR) is 132 cm³/mol. The van der Waals surface area contributed by atoms with Crippen LogP contribution in [0.1, 0.15) is 31.9 Å². The van der Waals surface area contributed by atoms with Gasteiger partial charge in [0.1, 0.15) is 11.1 Å². The Balaban J connectivity index is 1.53. The van der Waals surface area contributed by atoms with Crippen LogP contribution < -0.4 is 10.0 Å². The first-order chi connectivity index (χ1) is 16.7. The Morgan fingerprint density at radius 1 is 1.17 bits per heavy atom. The van der Waals surface area contributed by atoms with Gasteiger partial charge in [-0.25, -0.2) is 13.2 Å². The molecule has 0 atom stereocenters. The molecular formula is C24H22N4O5S2. The Kier molecular flexibility index (Phi) is 6.77. The van der Waals surface area contributed by atoms with Crippen molar-refractivity contribution < 1.29 is 22.7 Å². The summed E-state index contributed by atoms with van der Waals surface area (Å²) in [6.07, 6.45) is 0.0359. The lowest BCUT2D eigenvalue weighted by molar-refractivity contribution is 0.102. The highest BCUT2D eigenvalue weighted by atomic mass is 32.2. The number of thiophene rings is 1. The molecule has 0 spiro atoms. The van der Waals surface area contributed by atoms with E-state index in [1.165, 1.54) is 41.5 Å². The molecule has 1 aliphatic heterocycles. The standard InChI is InChI=1S/C24H22N4O5S2/c1-15-6-8-18(9-7-15)35(31,32)27-17-5-3-4-16(12-17)22(29)26-23-20(13-25)19-10-11-28(24(30)33-2)14-21(19)34-23/h3-9,12,27H,10-11,14H2,1-2H3,(H,26,29). The number of hydrogen-bond donors (Lipinski definition) is 2. The molecular weight excluding hydrogens is 488 g/mol. The molecule has 0 aliphatic carbocycles. The van der Waals surface area contributed by atoms with Crippen molar-refractivity contribution in [3.05, 3.63) is 75.7 Å². The van der Waals surface area contributed by atoms with E-state index in [1.807, 2.05) is 6.92 Å². The van der Waals surface area contributed by atoms with Gasteiger partial charge < -0.3 is 15.0 Å². The number of methoxy groups -OCH3 is 1. The molecule has 180 valence electrons. The average Bonchev–Trinajstić information content (AvgIpc) is 3.19. The zero-order chi connectivity index (χ0) is 25.2. The number of anilines is 2. The molecule has 9 nitrogen and oxygen atoms in total. The van der Waals surface area contributed by atoms with Crippen molar-refractivity contribution >= 4 is 44.0 Å². The van der Waals surface area contributed by atoms with Crippen LogP contribution in [0.5, 0.6) is 0 Å². The number of rotatable bonds is 5. The van der Waals surface area contributed by atoms with Gasteiger partial charge in [-0.15, -0.1) is 11.3 Å². The first-order valence-corrected chi connectivity index (χ1v) is 12.9. The van der Waals surface area contributed by atoms with Gasteiger partial charge in [-0.05, 0) is 49.2 Å². The lowest BCUT2D eigenvalue weighted by atomic mass is 10.0. The number of nitrogens with zero attached hydrogens (tertiary/aromatic N) is 2. The molecule has 0 bridgehead atoms. The Bertz CT molecular complexity index is 1440. The fourth-order valence-electron chi connectivity index (χ4n) is 3.73. The highest BCUT2D eigenvalue weighted by molar-refractivity contribution is 7.92. The van der Waals surface area contributed by atoms with E-state index in [-0.39, 0.29) is 16.1 Å². The molecule has 2 amide bonds. The lowest BCUT2D eigenvalue weighted by Crippen LogP contribution is -2.35. The van der Waals surface area contributed by atoms with Crippen LogP contribution in [-0.2, 0) is 27.7 Å². The second-order valence-corrected chi connectivity index (χ2v) is 10.7. The first-order valence-electron chi connectivity index (χ1n) is 10.6. The molecule has 1 aromatic heterocycles. The lowest BCUT2D eigenvalue weighted by Gasteiger charge is -2.25. The normalized spacial score (nSPS) is 12.9. The summed E-state index contributed by atoms with van der Waals surface area (Å²) < 4.78 is 32.7. The molecule has 1 aliphatic rings. The van der Waals surface area contributed by atoms with Crippen LogP contribution in [0.2, 0.25) is 0 Å². The zero-order valence-corrected chi connectivity index (χ0v) is 20.6. The number of benzene rings is 2. The Morgan fingerprint density at radius 3 is 2.60 bits per heavy atom. The molecule has 2 N–H and O–H groups in total. The summed E-state index contributed by atoms with van der Waals surface area (Å²) in [7, 11) is -2.51. The number of sulfonamides is 1. The van der Waals surface area contributed by atoms with E-state index in [9.17, 15) is 23.3 Å². The predicted octanol–water partition coefficient (Wildman–Crippen LogP) is 4.11. The van der Waals surface area contributed by atoms with E-state index in [4.69, 9.17) is 4.74 Å². The molecule has 2 aromatic carbocycles. The number of aryl methyl sites for hydroxylation is 1. The van der Waals surface area contributed by atoms with Gasteiger partial charge in [0.25, 0.3) is 15.9 Å². The van der Waals surface area contributed by atoms with Gasteiger partial charge in [0.15, 0.2) is 0 Å². The minimum Gasteiger partial charge on any atom is -0.453 e. The highest BCUT2D eigenvalue weighted by Gasteiger charge is 2.28. The summed E-state index contributed by atoms with van der Waals surface area (Å²) in [6.45, 7) is 2.58. The molecule has 3 aromatic rings. The van der Waals surface area contributed by atoms with Gasteiger partial charge in [0.05, 0.1) is 24.1 Å². The van der Waals surface area contributed by atoms with Crippen molar-refractivity contribution in [1.29, 1.82) is 5.26 Å². The minimum atomic E-state index is -3.82. The first kappa shape index (κ1) is 24.3. The number of fused-ring (bicyclic) bond motifs is 1. The third-order valence-corrected chi connectivity index (χ3v) is 8.07. The zero-order valence-electron chi connectivity index (χ0n) is 19.0. The summed E-state index contributed by atoms with van der Waals surface area (Å²) in [4.78, 5) is 27.3. The minimum absolute atomic E-state index is 0.113. The van der Waals surface area contributed by atoms with E-state index in [0.29, 0.717) is 30.1 Å². The molecule has 11 heteroatoms. The largest absolute Gasteiger partial charge is 0.453 e. The van der Waals surface area contributed by atoms with Crippen LogP contribution in [0.3, 0.4) is 0 Å². The average molecular weight is 511 g/mol. The van der Waals surface area contributed by atoms with Gasteiger partial charge >= 0.3 is 6.09 Å². The second-order valence-electron chi connectivity index (χ2n) is 7.91. The molecule has 35 heavy (non-hydrogen) atoms. The molecule has 0 radical (unpaired) electrons. The van der Waals surface area contributed by atoms with Gasteiger partial charge in [-0.1, -0.05) is 23.8 Å². The quantitative estimate of drug-likeness (QED) is 0.532. The van der Waals surface area contributed by atoms with Crippen LogP contribution in [-0.4, -0.2) is 39.0 Å². The number of amides is 2. The maximum Gasteiger partial charge on any atom is 0.409 e. The van der Waals surface area contributed by atoms with E-state index in [1.54, 1.807) is 30.3 Å². The summed E-state index contributed by atoms with van der Waals surface area (Å²) in [5, 5.41) is 12.8. The Labute approximate surface area is 207 Å². The fourth-order valence-corrected chi connectivity index (χ4v) is 5.98. The number of carbonyl (C=O) groups excluding carboxylic acids is 2. The number of hydrogen-bond acceptors (Lipinski definition) is 7. The summed E-state index contributed by atoms with van der Waals surface area (Å²) >= 11 is 1.24. The molecule has 0 fully saturated rings. The van der Waals surface area contributed by atoms with Gasteiger partial charge in [0.2, 0.25) is 0 Å². The molecule has 4 rings (SSSR count). The number of nitrogens with one attached hydrogen (secondary N) is 2. The highest BCUT2D eigenvalue weighted by Crippen LogP contribution is 2.37. The third kappa shape index (κ3) is 5.13. The number of ether oxygens (including phenoxy) is 1. The Morgan fingerprint density at radius 2 is 1.91 bits per heavy atom. The maximum absolute atomic E-state index is 13.0. The van der Waals surface area contributed by atoms with Gasteiger partial charge in [-0.3, -0.25) is 9.52 Å².